The molecule has 1 atom stereocenters. The Morgan fingerprint density at radius 1 is 1.21 bits per heavy atom. The van der Waals surface area contributed by atoms with Crippen LogP contribution in [-0.2, 0) is 6.54 Å². The zero-order chi connectivity index (χ0) is 20.5. The van der Waals surface area contributed by atoms with Crippen LogP contribution < -0.4 is 15.4 Å². The van der Waals surface area contributed by atoms with Crippen LogP contribution in [0.15, 0.2) is 47.7 Å². The molecule has 0 radical (unpaired) electrons. The Morgan fingerprint density at radius 3 is 2.61 bits per heavy atom. The zero-order valence-corrected chi connectivity index (χ0v) is 16.7. The molecule has 0 saturated carbocycles. The number of rotatable bonds is 8. The fraction of sp³-hybridized carbons (Fsp3) is 0.429. The van der Waals surface area contributed by atoms with E-state index in [0.717, 1.165) is 11.1 Å². The molecule has 0 amide bonds. The van der Waals surface area contributed by atoms with Crippen molar-refractivity contribution in [3.8, 4) is 5.75 Å². The van der Waals surface area contributed by atoms with Gasteiger partial charge in [0, 0.05) is 44.0 Å². The van der Waals surface area contributed by atoms with E-state index in [1.54, 1.807) is 25.4 Å². The van der Waals surface area contributed by atoms with Gasteiger partial charge in [-0.25, -0.2) is 0 Å². The number of hydrogen-bond donors (Lipinski definition) is 2. The predicted molar refractivity (Wildman–Crippen MR) is 108 cm³/mol. The molecule has 7 heteroatoms. The predicted octanol–water partition coefficient (Wildman–Crippen LogP) is 4.10. The van der Waals surface area contributed by atoms with Gasteiger partial charge in [0.2, 0.25) is 0 Å². The molecule has 28 heavy (non-hydrogen) atoms. The van der Waals surface area contributed by atoms with Gasteiger partial charge in [-0.05, 0) is 30.5 Å². The summed E-state index contributed by atoms with van der Waals surface area (Å²) >= 11 is 0. The molecule has 152 valence electrons. The Bertz CT molecular complexity index is 766. The molecule has 1 unspecified atom stereocenters. The van der Waals surface area contributed by atoms with Gasteiger partial charge in [-0.15, -0.1) is 0 Å². The lowest BCUT2D eigenvalue weighted by Crippen LogP contribution is -2.39. The Hall–Kier alpha value is -2.70. The van der Waals surface area contributed by atoms with Gasteiger partial charge in [0.25, 0.3) is 0 Å². The van der Waals surface area contributed by atoms with Gasteiger partial charge < -0.3 is 15.4 Å². The molecular weight excluding hydrogens is 362 g/mol. The van der Waals surface area contributed by atoms with Crippen LogP contribution in [-0.4, -0.2) is 31.1 Å². The van der Waals surface area contributed by atoms with Gasteiger partial charge in [0.1, 0.15) is 5.75 Å². The van der Waals surface area contributed by atoms with Crippen LogP contribution in [0.25, 0.3) is 0 Å². The number of aryl methyl sites for hydroxylation is 1. The van der Waals surface area contributed by atoms with E-state index in [0.29, 0.717) is 30.5 Å². The molecule has 1 aromatic heterocycles. The van der Waals surface area contributed by atoms with Crippen molar-refractivity contribution in [1.29, 1.82) is 0 Å². The van der Waals surface area contributed by atoms with E-state index < -0.39 is 6.61 Å². The van der Waals surface area contributed by atoms with Gasteiger partial charge in [0.05, 0.1) is 0 Å². The maximum Gasteiger partial charge on any atom is 0.387 e. The van der Waals surface area contributed by atoms with Crippen LogP contribution in [0, 0.1) is 12.8 Å². The van der Waals surface area contributed by atoms with E-state index in [9.17, 15) is 8.78 Å². The molecule has 0 bridgehead atoms. The lowest BCUT2D eigenvalue weighted by Gasteiger charge is -2.23. The summed E-state index contributed by atoms with van der Waals surface area (Å²) in [7, 11) is 1.68. The van der Waals surface area contributed by atoms with E-state index >= 15 is 0 Å². The van der Waals surface area contributed by atoms with Crippen LogP contribution >= 0.6 is 0 Å². The minimum Gasteiger partial charge on any atom is -0.434 e. The molecule has 2 N–H and O–H groups in total. The van der Waals surface area contributed by atoms with Gasteiger partial charge in [-0.3, -0.25) is 9.98 Å². The number of benzene rings is 1. The third-order valence-corrected chi connectivity index (χ3v) is 4.51. The summed E-state index contributed by atoms with van der Waals surface area (Å²) in [5.41, 5.74) is 2.78. The van der Waals surface area contributed by atoms with Crippen molar-refractivity contribution < 1.29 is 13.5 Å². The van der Waals surface area contributed by atoms with Crippen LogP contribution in [0.3, 0.4) is 0 Å². The third-order valence-electron chi connectivity index (χ3n) is 4.51. The van der Waals surface area contributed by atoms with Crippen molar-refractivity contribution in [2.75, 3.05) is 13.6 Å². The second-order valence-electron chi connectivity index (χ2n) is 6.93. The molecule has 5 nitrogen and oxygen atoms in total. The standard InChI is InChI=1S/C21H28F2N4O/c1-14(2)18(16-6-5-9-25-11-16)13-27-21(24-4)26-12-17-10-15(3)7-8-19(17)28-20(22)23/h5-11,14,18,20H,12-13H2,1-4H3,(H2,24,26,27). The molecular formula is C21H28F2N4O. The SMILES string of the molecule is CN=C(NCc1cc(C)ccc1OC(F)F)NCC(c1cccnc1)C(C)C. The number of pyridine rings is 1. The van der Waals surface area contributed by atoms with Crippen LogP contribution in [0.4, 0.5) is 8.78 Å². The molecule has 2 aromatic rings. The molecule has 0 saturated heterocycles. The summed E-state index contributed by atoms with van der Waals surface area (Å²) in [4.78, 5) is 8.43. The summed E-state index contributed by atoms with van der Waals surface area (Å²) in [6.45, 7) is 4.38. The van der Waals surface area contributed by atoms with E-state index in [2.05, 4.69) is 45.3 Å². The molecule has 0 aliphatic carbocycles. The fourth-order valence-electron chi connectivity index (χ4n) is 3.00. The highest BCUT2D eigenvalue weighted by Crippen LogP contribution is 2.23. The average Bonchev–Trinajstić information content (AvgIpc) is 2.66. The number of aliphatic imine (C=N–C) groups is 1. The van der Waals surface area contributed by atoms with Crippen molar-refractivity contribution >= 4 is 5.96 Å². The van der Waals surface area contributed by atoms with Crippen molar-refractivity contribution in [3.05, 3.63) is 59.4 Å². The van der Waals surface area contributed by atoms with E-state index in [1.807, 2.05) is 25.3 Å². The van der Waals surface area contributed by atoms with Gasteiger partial charge >= 0.3 is 6.61 Å². The quantitative estimate of drug-likeness (QED) is 0.526. The highest BCUT2D eigenvalue weighted by Gasteiger charge is 2.17. The van der Waals surface area contributed by atoms with Gasteiger partial charge in [-0.1, -0.05) is 37.6 Å². The van der Waals surface area contributed by atoms with Gasteiger partial charge in [-0.2, -0.15) is 8.78 Å². The lowest BCUT2D eigenvalue weighted by atomic mass is 9.89. The highest BCUT2D eigenvalue weighted by atomic mass is 19.3. The molecule has 0 fully saturated rings. The number of nitrogens with one attached hydrogen (secondary N) is 2. The van der Waals surface area contributed by atoms with E-state index in [4.69, 9.17) is 0 Å². The first-order valence-corrected chi connectivity index (χ1v) is 9.29. The summed E-state index contributed by atoms with van der Waals surface area (Å²) in [6.07, 6.45) is 3.64. The average molecular weight is 390 g/mol. The van der Waals surface area contributed by atoms with E-state index in [-0.39, 0.29) is 11.7 Å². The molecule has 0 aliphatic rings. The molecule has 0 aliphatic heterocycles. The van der Waals surface area contributed by atoms with Crippen LogP contribution in [0.2, 0.25) is 0 Å². The normalized spacial score (nSPS) is 12.9. The number of guanidine groups is 1. The first-order valence-electron chi connectivity index (χ1n) is 9.29. The Balaban J connectivity index is 2.01. The number of hydrogen-bond acceptors (Lipinski definition) is 3. The summed E-state index contributed by atoms with van der Waals surface area (Å²) < 4.78 is 29.9. The smallest absolute Gasteiger partial charge is 0.387 e. The minimum absolute atomic E-state index is 0.166. The molecule has 1 heterocycles. The van der Waals surface area contributed by atoms with Gasteiger partial charge in [0.15, 0.2) is 5.96 Å². The largest absolute Gasteiger partial charge is 0.434 e. The number of nitrogens with zero attached hydrogens (tertiary/aromatic N) is 2. The molecule has 2 rings (SSSR count). The maximum absolute atomic E-state index is 12.6. The molecule has 0 spiro atoms. The number of ether oxygens (including phenoxy) is 1. The number of halogens is 2. The second kappa shape index (κ2) is 10.6. The maximum atomic E-state index is 12.6. The third kappa shape index (κ3) is 6.48. The van der Waals surface area contributed by atoms with Crippen LogP contribution in [0.1, 0.15) is 36.5 Å². The summed E-state index contributed by atoms with van der Waals surface area (Å²) in [5, 5.41) is 6.49. The Labute approximate surface area is 165 Å². The summed E-state index contributed by atoms with van der Waals surface area (Å²) in [5.74, 6) is 1.44. The second-order valence-corrected chi connectivity index (χ2v) is 6.93. The number of aromatic nitrogens is 1. The summed E-state index contributed by atoms with van der Waals surface area (Å²) in [6, 6.07) is 9.13. The monoisotopic (exact) mass is 390 g/mol. The zero-order valence-electron chi connectivity index (χ0n) is 16.7. The topological polar surface area (TPSA) is 58.5 Å². The Morgan fingerprint density at radius 2 is 2.00 bits per heavy atom. The van der Waals surface area contributed by atoms with Crippen molar-refractivity contribution in [3.63, 3.8) is 0 Å². The molecule has 1 aromatic carbocycles. The number of alkyl halides is 2. The lowest BCUT2D eigenvalue weighted by molar-refractivity contribution is -0.0504. The van der Waals surface area contributed by atoms with Crippen molar-refractivity contribution in [1.82, 2.24) is 15.6 Å². The fourth-order valence-corrected chi connectivity index (χ4v) is 3.00. The first kappa shape index (κ1) is 21.6. The van der Waals surface area contributed by atoms with Crippen molar-refractivity contribution in [2.45, 2.75) is 39.8 Å². The minimum atomic E-state index is -2.86. The Kier molecular flexibility index (Phi) is 8.17. The van der Waals surface area contributed by atoms with Crippen molar-refractivity contribution in [2.24, 2.45) is 10.9 Å². The highest BCUT2D eigenvalue weighted by molar-refractivity contribution is 5.79. The van der Waals surface area contributed by atoms with Crippen LogP contribution in [0.5, 0.6) is 5.75 Å². The first-order chi connectivity index (χ1) is 13.4. The van der Waals surface area contributed by atoms with E-state index in [1.165, 1.54) is 0 Å².